The smallest absolute Gasteiger partial charge is 0.326 e. The van der Waals surface area contributed by atoms with Crippen LogP contribution in [0.4, 0.5) is 0 Å². The van der Waals surface area contributed by atoms with Gasteiger partial charge in [-0.25, -0.2) is 39.7 Å². The molecule has 1 saturated heterocycles. The summed E-state index contributed by atoms with van der Waals surface area (Å²) in [7, 11) is 0. The number of aromatic hydroxyl groups is 1. The molecule has 6 amide bonds. The molecule has 82 heavy (non-hydrogen) atoms. The number of nitrogens with two attached hydrogens (primary N) is 1. The van der Waals surface area contributed by atoms with Crippen molar-refractivity contribution in [3.05, 3.63) is 112 Å². The fourth-order valence-corrected chi connectivity index (χ4v) is 14.1. The maximum Gasteiger partial charge on any atom is 0.326 e. The van der Waals surface area contributed by atoms with Crippen molar-refractivity contribution >= 4 is 115 Å². The highest BCUT2D eigenvalue weighted by atomic mass is 32.1. The van der Waals surface area contributed by atoms with Crippen LogP contribution in [0.5, 0.6) is 5.75 Å². The summed E-state index contributed by atoms with van der Waals surface area (Å²) in [4.78, 5) is 140. The molecule has 0 aliphatic carbocycles. The summed E-state index contributed by atoms with van der Waals surface area (Å²) in [5, 5.41) is 60.8. The number of benzene rings is 1. The van der Waals surface area contributed by atoms with Crippen molar-refractivity contribution in [3.63, 3.8) is 0 Å². The summed E-state index contributed by atoms with van der Waals surface area (Å²) >= 11 is 6.77. The second kappa shape index (κ2) is 24.0. The van der Waals surface area contributed by atoms with Crippen LogP contribution in [0.1, 0.15) is 106 Å². The second-order valence-electron chi connectivity index (χ2n) is 18.8. The first-order chi connectivity index (χ1) is 39.3. The number of rotatable bonds is 11. The van der Waals surface area contributed by atoms with Gasteiger partial charge < -0.3 is 52.3 Å². The van der Waals surface area contributed by atoms with Crippen molar-refractivity contribution in [2.45, 2.75) is 76.3 Å². The molecule has 31 heteroatoms. The molecule has 1 fully saturated rings. The number of carbonyl (C=O) groups excluding carboxylic acids is 6. The predicted molar refractivity (Wildman–Crippen MR) is 301 cm³/mol. The number of carboxylic acid groups (broad SMARTS) is 2. The molecule has 6 atom stereocenters. The van der Waals surface area contributed by atoms with Crippen molar-refractivity contribution in [2.24, 2.45) is 11.7 Å². The van der Waals surface area contributed by atoms with Gasteiger partial charge in [-0.2, -0.15) is 0 Å². The third-order valence-electron chi connectivity index (χ3n) is 13.1. The number of pyridine rings is 1. The van der Waals surface area contributed by atoms with Crippen molar-refractivity contribution in [3.8, 4) is 49.1 Å². The van der Waals surface area contributed by atoms with Crippen molar-refractivity contribution in [2.75, 3.05) is 6.54 Å². The molecular formula is C51H45N13O12S6. The van der Waals surface area contributed by atoms with Gasteiger partial charge in [0.15, 0.2) is 0 Å². The van der Waals surface area contributed by atoms with E-state index in [1.165, 1.54) is 55.8 Å². The topological polar surface area (TPSA) is 385 Å². The van der Waals surface area contributed by atoms with Gasteiger partial charge in [-0.05, 0) is 43.2 Å². The molecule has 10 N–H and O–H groups in total. The summed E-state index contributed by atoms with van der Waals surface area (Å²) < 4.78 is 0. The minimum absolute atomic E-state index is 0.00154. The van der Waals surface area contributed by atoms with E-state index in [1.54, 1.807) is 48.9 Å². The van der Waals surface area contributed by atoms with Crippen molar-refractivity contribution in [1.29, 1.82) is 0 Å². The van der Waals surface area contributed by atoms with E-state index in [0.29, 0.717) is 47.4 Å². The molecule has 0 radical (unpaired) electrons. The summed E-state index contributed by atoms with van der Waals surface area (Å²) in [6.45, 7) is 3.25. The zero-order valence-electron chi connectivity index (χ0n) is 42.7. The molecule has 0 spiro atoms. The van der Waals surface area contributed by atoms with E-state index in [-0.39, 0.29) is 82.3 Å². The quantitative estimate of drug-likeness (QED) is 0.0817. The number of hydrogen-bond acceptors (Lipinski definition) is 23. The van der Waals surface area contributed by atoms with Gasteiger partial charge in [-0.1, -0.05) is 19.1 Å². The number of aliphatic hydroxyl groups is 1. The number of nitrogens with one attached hydrogen (secondary N) is 4. The lowest BCUT2D eigenvalue weighted by Crippen LogP contribution is -2.50. The molecule has 422 valence electrons. The van der Waals surface area contributed by atoms with Crippen LogP contribution in [-0.2, 0) is 32.1 Å². The van der Waals surface area contributed by atoms with E-state index in [4.69, 9.17) is 25.8 Å². The van der Waals surface area contributed by atoms with Gasteiger partial charge in [-0.3, -0.25) is 33.6 Å². The number of aromatic nitrogens is 7. The van der Waals surface area contributed by atoms with E-state index >= 15 is 0 Å². The normalized spacial score (nSPS) is 18.9. The van der Waals surface area contributed by atoms with Crippen LogP contribution < -0.4 is 27.0 Å². The summed E-state index contributed by atoms with van der Waals surface area (Å²) in [5.41, 5.74) is 7.76. The maximum absolute atomic E-state index is 14.9. The standard InChI is InChI=1S/C51H45N13O12S6/c1-20-34(66)14-64-40(20)49-62-33(19-81-49)47-59-29(15-79-47)39-24(7-8-25(55-39)46-61-32(18-80-46)42(71)56-26(51(75)76)9-10-37(68)69)45-60-31(17-78-45)43(72)57-27(12-35(52)67)48-63-38(21(2)82-48)44(73)53-13-36-54-30(16-77-36)41(70)58-28(50(64)74)11-22-3-5-23(65)6-4-22/h3-8,15-20,26-28,34,40,65-66H,9-14H2,1-2H3,(H2,52,67)(H,53,73)(H,56,71)(H,57,72)(H,58,70)(H,68,69)(H,75,76)/t20-,26-,27-,28-,34-,40-/m0/s1. The Hall–Kier alpha value is -8.33. The number of aliphatic hydroxyl groups excluding tert-OH is 1. The molecular weight excluding hydrogens is 1180 g/mol. The molecule has 25 nitrogen and oxygen atoms in total. The average molecular weight is 1220 g/mol. The fourth-order valence-electron chi connectivity index (χ4n) is 8.93. The Balaban J connectivity index is 1.04. The molecule has 7 aromatic heterocycles. The van der Waals surface area contributed by atoms with Crippen LogP contribution >= 0.6 is 68.0 Å². The number of thiazole rings is 6. The summed E-state index contributed by atoms with van der Waals surface area (Å²) in [5.74, 6) is -7.28. The van der Waals surface area contributed by atoms with Crippen LogP contribution in [0.25, 0.3) is 43.4 Å². The van der Waals surface area contributed by atoms with Crippen LogP contribution in [0, 0.1) is 12.8 Å². The Morgan fingerprint density at radius 3 is 2.15 bits per heavy atom. The summed E-state index contributed by atoms with van der Waals surface area (Å²) in [6, 6.07) is 4.95. The third-order valence-corrected chi connectivity index (χ3v) is 18.6. The van der Waals surface area contributed by atoms with Crippen molar-refractivity contribution in [1.82, 2.24) is 61.1 Å². The monoisotopic (exact) mass is 1220 g/mol. The third kappa shape index (κ3) is 12.4. The lowest BCUT2D eigenvalue weighted by molar-refractivity contribution is -0.140. The Labute approximate surface area is 487 Å². The zero-order valence-corrected chi connectivity index (χ0v) is 47.6. The number of phenolic OH excluding ortho intramolecular Hbond substituents is 1. The lowest BCUT2D eigenvalue weighted by Gasteiger charge is -2.29. The Morgan fingerprint density at radius 2 is 1.40 bits per heavy atom. The van der Waals surface area contributed by atoms with E-state index in [0.717, 1.165) is 45.3 Å². The number of fused-ring (bicyclic) bond motifs is 16. The number of amides is 6. The fraction of sp³-hybridized carbons (Fsp3) is 0.275. The van der Waals surface area contributed by atoms with Crippen LogP contribution in [0.2, 0.25) is 0 Å². The van der Waals surface area contributed by atoms with Gasteiger partial charge >= 0.3 is 11.9 Å². The number of carboxylic acids is 2. The molecule has 10 rings (SSSR count). The highest BCUT2D eigenvalue weighted by molar-refractivity contribution is 7.15. The number of aliphatic carboxylic acids is 2. The molecule has 10 bridgehead atoms. The second-order valence-corrected chi connectivity index (χ2v) is 24.4. The Kier molecular flexibility index (Phi) is 16.7. The minimum Gasteiger partial charge on any atom is -0.508 e. The number of hydrogen-bond donors (Lipinski definition) is 9. The molecule has 0 unspecified atom stereocenters. The van der Waals surface area contributed by atoms with Crippen molar-refractivity contribution < 1.29 is 58.8 Å². The van der Waals surface area contributed by atoms with E-state index < -0.39 is 90.0 Å². The Morgan fingerprint density at radius 1 is 0.732 bits per heavy atom. The van der Waals surface area contributed by atoms with Gasteiger partial charge in [0.1, 0.15) is 87.7 Å². The number of phenols is 1. The average Bonchev–Trinajstić information content (AvgIpc) is 4.38. The largest absolute Gasteiger partial charge is 0.508 e. The van der Waals surface area contributed by atoms with Crippen LogP contribution in [-0.4, -0.2) is 132 Å². The Bertz CT molecular complexity index is 3810. The van der Waals surface area contributed by atoms with Gasteiger partial charge in [0.2, 0.25) is 11.8 Å². The number of nitrogens with zero attached hydrogens (tertiary/aromatic N) is 8. The highest BCUT2D eigenvalue weighted by Gasteiger charge is 2.45. The molecule has 2 aliphatic rings. The van der Waals surface area contributed by atoms with Gasteiger partial charge in [0.25, 0.3) is 23.6 Å². The van der Waals surface area contributed by atoms with E-state index in [9.17, 15) is 53.7 Å². The van der Waals surface area contributed by atoms with Crippen LogP contribution in [0.3, 0.4) is 0 Å². The number of aryl methyl sites for hydroxylation is 1. The number of carbonyl (C=O) groups is 8. The SMILES string of the molecule is Cc1sc2nc1C(=O)NCc1nc(cs1)C(=O)N[C@@H](Cc1ccc(O)cc1)C(=O)N1C[C@H](O)[C@H](C)[C@H]1c1nc(cs1)-c1nc(cs1)-c1nc(-c3nc(C(=O)N[C@@H](CCC(=O)O)C(=O)O)cs3)ccc1-c1nc(cs1)C(=O)N[C@H]2CC(N)=O. The lowest BCUT2D eigenvalue weighted by atomic mass is 10.0. The van der Waals surface area contributed by atoms with Gasteiger partial charge in [0.05, 0.1) is 36.8 Å². The molecule has 2 aliphatic heterocycles. The summed E-state index contributed by atoms with van der Waals surface area (Å²) in [6.07, 6.45) is -2.21. The predicted octanol–water partition coefficient (Wildman–Crippen LogP) is 5.06. The number of primary amides is 1. The highest BCUT2D eigenvalue weighted by Crippen LogP contribution is 2.42. The zero-order chi connectivity index (χ0) is 58.1. The van der Waals surface area contributed by atoms with Gasteiger partial charge in [0, 0.05) is 62.6 Å². The van der Waals surface area contributed by atoms with E-state index in [1.807, 2.05) is 0 Å². The first-order valence-corrected chi connectivity index (χ1v) is 29.9. The minimum atomic E-state index is -1.50. The maximum atomic E-state index is 14.9. The first-order valence-electron chi connectivity index (χ1n) is 24.7. The van der Waals surface area contributed by atoms with Gasteiger partial charge in [-0.15, -0.1) is 68.0 Å². The molecule has 8 aromatic rings. The molecule has 0 saturated carbocycles. The van der Waals surface area contributed by atoms with Crippen LogP contribution in [0.15, 0.2) is 63.3 Å². The first kappa shape index (κ1) is 56.9. The van der Waals surface area contributed by atoms with E-state index in [2.05, 4.69) is 41.2 Å². The molecule has 1 aromatic carbocycles. The molecule has 9 heterocycles.